The predicted molar refractivity (Wildman–Crippen MR) is 152 cm³/mol. The van der Waals surface area contributed by atoms with Gasteiger partial charge in [-0.25, -0.2) is 9.79 Å². The molecule has 0 amide bonds. The molecular weight excluding hydrogens is 690 g/mol. The van der Waals surface area contributed by atoms with E-state index in [1.165, 1.54) is 6.07 Å². The SMILES string of the molecule is CCOc1cc(/C=C2\N=C(c3ccc(C)c([N+](=O)[O-])c3)OC2=O)cc(I)c1OCc1ccc(I)cc1. The second-order valence-electron chi connectivity index (χ2n) is 7.77. The smallest absolute Gasteiger partial charge is 0.363 e. The lowest BCUT2D eigenvalue weighted by molar-refractivity contribution is -0.385. The molecule has 0 aromatic heterocycles. The van der Waals surface area contributed by atoms with Gasteiger partial charge in [0.1, 0.15) is 6.61 Å². The van der Waals surface area contributed by atoms with Crippen LogP contribution in [0.2, 0.25) is 0 Å². The van der Waals surface area contributed by atoms with E-state index in [-0.39, 0.29) is 17.3 Å². The summed E-state index contributed by atoms with van der Waals surface area (Å²) in [6.45, 7) is 4.34. The first-order valence-corrected chi connectivity index (χ1v) is 13.0. The van der Waals surface area contributed by atoms with Crippen molar-refractivity contribution in [1.82, 2.24) is 0 Å². The van der Waals surface area contributed by atoms with Gasteiger partial charge in [-0.15, -0.1) is 0 Å². The van der Waals surface area contributed by atoms with Gasteiger partial charge in [0.05, 0.1) is 15.1 Å². The molecule has 10 heteroatoms. The third-order valence-corrected chi connectivity index (χ3v) is 6.73. The first-order chi connectivity index (χ1) is 17.2. The number of carbonyl (C=O) groups is 1. The minimum atomic E-state index is -0.639. The van der Waals surface area contributed by atoms with Crippen LogP contribution in [0.5, 0.6) is 11.5 Å². The molecule has 4 rings (SSSR count). The summed E-state index contributed by atoms with van der Waals surface area (Å²) in [5, 5.41) is 11.3. The average Bonchev–Trinajstić information content (AvgIpc) is 3.20. The summed E-state index contributed by atoms with van der Waals surface area (Å²) >= 11 is 4.42. The van der Waals surface area contributed by atoms with Crippen LogP contribution in [-0.4, -0.2) is 23.4 Å². The van der Waals surface area contributed by atoms with Crippen molar-refractivity contribution in [3.8, 4) is 11.5 Å². The summed E-state index contributed by atoms with van der Waals surface area (Å²) in [6, 6.07) is 16.3. The summed E-state index contributed by atoms with van der Waals surface area (Å²) in [4.78, 5) is 27.6. The highest BCUT2D eigenvalue weighted by atomic mass is 127. The minimum Gasteiger partial charge on any atom is -0.490 e. The number of nitrogens with zero attached hydrogens (tertiary/aromatic N) is 2. The molecule has 0 N–H and O–H groups in total. The number of ether oxygens (including phenoxy) is 3. The molecule has 0 atom stereocenters. The van der Waals surface area contributed by atoms with E-state index in [4.69, 9.17) is 14.2 Å². The molecule has 3 aromatic carbocycles. The monoisotopic (exact) mass is 710 g/mol. The Morgan fingerprint density at radius 1 is 1.08 bits per heavy atom. The number of cyclic esters (lactones) is 1. The zero-order chi connectivity index (χ0) is 25.8. The number of hydrogen-bond acceptors (Lipinski definition) is 7. The molecule has 36 heavy (non-hydrogen) atoms. The van der Waals surface area contributed by atoms with Crippen molar-refractivity contribution < 1.29 is 23.9 Å². The van der Waals surface area contributed by atoms with Gasteiger partial charge < -0.3 is 14.2 Å². The topological polar surface area (TPSA) is 100 Å². The number of aryl methyl sites for hydroxylation is 1. The predicted octanol–water partition coefficient (Wildman–Crippen LogP) is 6.43. The van der Waals surface area contributed by atoms with Crippen LogP contribution in [0.3, 0.4) is 0 Å². The van der Waals surface area contributed by atoms with E-state index in [0.717, 1.165) is 12.7 Å². The van der Waals surface area contributed by atoms with E-state index in [2.05, 4.69) is 50.2 Å². The van der Waals surface area contributed by atoms with Crippen molar-refractivity contribution in [3.05, 3.63) is 99.8 Å². The van der Waals surface area contributed by atoms with Gasteiger partial charge in [-0.2, -0.15) is 0 Å². The molecule has 1 aliphatic heterocycles. The van der Waals surface area contributed by atoms with Crippen LogP contribution in [0, 0.1) is 24.2 Å². The van der Waals surface area contributed by atoms with Crippen LogP contribution in [0.25, 0.3) is 6.08 Å². The molecule has 0 saturated carbocycles. The summed E-state index contributed by atoms with van der Waals surface area (Å²) in [6.07, 6.45) is 1.59. The van der Waals surface area contributed by atoms with Crippen molar-refractivity contribution in [1.29, 1.82) is 0 Å². The Bertz CT molecular complexity index is 1400. The Morgan fingerprint density at radius 2 is 1.83 bits per heavy atom. The lowest BCUT2D eigenvalue weighted by atomic mass is 10.1. The minimum absolute atomic E-state index is 0.0200. The first kappa shape index (κ1) is 26.1. The molecule has 0 spiro atoms. The molecule has 0 fully saturated rings. The van der Waals surface area contributed by atoms with Crippen LogP contribution in [0.1, 0.15) is 29.2 Å². The second kappa shape index (κ2) is 11.4. The largest absolute Gasteiger partial charge is 0.490 e. The molecule has 1 heterocycles. The van der Waals surface area contributed by atoms with Crippen LogP contribution < -0.4 is 9.47 Å². The van der Waals surface area contributed by atoms with Crippen molar-refractivity contribution in [2.75, 3.05) is 6.61 Å². The summed E-state index contributed by atoms with van der Waals surface area (Å²) in [7, 11) is 0. The standard InChI is InChI=1S/C26H20I2N2O6/c1-3-34-23-12-17(10-20(28)24(23)35-14-16-5-8-19(27)9-6-16)11-21-26(31)36-25(29-21)18-7-4-15(2)22(13-18)30(32)33/h4-13H,3,14H2,1-2H3/b21-11-. The maximum atomic E-state index is 12.5. The average molecular weight is 710 g/mol. The highest BCUT2D eigenvalue weighted by molar-refractivity contribution is 14.1. The van der Waals surface area contributed by atoms with Gasteiger partial charge in [0, 0.05) is 20.8 Å². The number of esters is 1. The van der Waals surface area contributed by atoms with Gasteiger partial charge in [-0.3, -0.25) is 10.1 Å². The normalized spacial score (nSPS) is 13.9. The third kappa shape index (κ3) is 6.03. The second-order valence-corrected chi connectivity index (χ2v) is 10.2. The molecule has 0 unspecified atom stereocenters. The Balaban J connectivity index is 1.62. The molecule has 0 saturated heterocycles. The molecule has 3 aromatic rings. The van der Waals surface area contributed by atoms with Gasteiger partial charge in [0.25, 0.3) is 5.69 Å². The van der Waals surface area contributed by atoms with E-state index in [9.17, 15) is 14.9 Å². The van der Waals surface area contributed by atoms with E-state index < -0.39 is 10.9 Å². The zero-order valence-corrected chi connectivity index (χ0v) is 23.6. The molecule has 0 aliphatic carbocycles. The number of halogens is 2. The van der Waals surface area contributed by atoms with Crippen LogP contribution in [0.4, 0.5) is 5.69 Å². The van der Waals surface area contributed by atoms with Gasteiger partial charge in [0.2, 0.25) is 5.90 Å². The number of hydrogen-bond donors (Lipinski definition) is 0. The van der Waals surface area contributed by atoms with Crippen molar-refractivity contribution >= 4 is 68.8 Å². The molecule has 0 radical (unpaired) electrons. The summed E-state index contributed by atoms with van der Waals surface area (Å²) in [5.74, 6) is 0.543. The quantitative estimate of drug-likeness (QED) is 0.0879. The van der Waals surface area contributed by atoms with Gasteiger partial charge in [-0.1, -0.05) is 18.2 Å². The number of aliphatic imine (C=N–C) groups is 1. The van der Waals surface area contributed by atoms with Crippen molar-refractivity contribution in [2.24, 2.45) is 4.99 Å². The number of benzene rings is 3. The lowest BCUT2D eigenvalue weighted by Crippen LogP contribution is -2.06. The third-order valence-electron chi connectivity index (χ3n) is 5.20. The molecule has 1 aliphatic rings. The lowest BCUT2D eigenvalue weighted by Gasteiger charge is -2.15. The first-order valence-electron chi connectivity index (χ1n) is 10.9. The number of nitro groups is 1. The fourth-order valence-corrected chi connectivity index (χ4v) is 4.58. The molecule has 184 valence electrons. The number of nitro benzene ring substituents is 1. The maximum absolute atomic E-state index is 12.5. The fraction of sp³-hybridized carbons (Fsp3) is 0.154. The summed E-state index contributed by atoms with van der Waals surface area (Å²) < 4.78 is 19.1. The zero-order valence-electron chi connectivity index (χ0n) is 19.3. The van der Waals surface area contributed by atoms with Crippen molar-refractivity contribution in [3.63, 3.8) is 0 Å². The molecular formula is C26H20I2N2O6. The van der Waals surface area contributed by atoms with Crippen LogP contribution >= 0.6 is 45.2 Å². The van der Waals surface area contributed by atoms with Crippen molar-refractivity contribution in [2.45, 2.75) is 20.5 Å². The Kier molecular flexibility index (Phi) is 8.24. The Hall–Kier alpha value is -3.00. The maximum Gasteiger partial charge on any atom is 0.363 e. The Labute approximate surface area is 234 Å². The fourth-order valence-electron chi connectivity index (χ4n) is 3.44. The molecule has 8 nitrogen and oxygen atoms in total. The molecule has 0 bridgehead atoms. The van der Waals surface area contributed by atoms with Gasteiger partial charge in [0.15, 0.2) is 17.2 Å². The van der Waals surface area contributed by atoms with E-state index >= 15 is 0 Å². The van der Waals surface area contributed by atoms with E-state index in [1.807, 2.05) is 37.3 Å². The van der Waals surface area contributed by atoms with Crippen LogP contribution in [-0.2, 0) is 16.1 Å². The van der Waals surface area contributed by atoms with Crippen LogP contribution in [0.15, 0.2) is 65.3 Å². The van der Waals surface area contributed by atoms with Gasteiger partial charge >= 0.3 is 5.97 Å². The van der Waals surface area contributed by atoms with E-state index in [0.29, 0.717) is 41.4 Å². The number of carbonyl (C=O) groups excluding carboxylic acids is 1. The number of rotatable bonds is 8. The highest BCUT2D eigenvalue weighted by Gasteiger charge is 2.26. The Morgan fingerprint density at radius 3 is 2.53 bits per heavy atom. The highest BCUT2D eigenvalue weighted by Crippen LogP contribution is 2.36. The van der Waals surface area contributed by atoms with E-state index in [1.54, 1.807) is 31.2 Å². The summed E-state index contributed by atoms with van der Waals surface area (Å²) in [5.41, 5.74) is 2.59. The van der Waals surface area contributed by atoms with Gasteiger partial charge in [-0.05, 0) is 107 Å².